The Morgan fingerprint density at radius 2 is 1.53 bits per heavy atom. The molecule has 0 aromatic heterocycles. The smallest absolute Gasteiger partial charge is 0.0462 e. The van der Waals surface area contributed by atoms with E-state index in [2.05, 4.69) is 33.1 Å². The molecule has 0 bridgehead atoms. The van der Waals surface area contributed by atoms with Gasteiger partial charge < -0.3 is 4.74 Å². The predicted molar refractivity (Wildman–Crippen MR) is 76.0 cm³/mol. The van der Waals surface area contributed by atoms with Crippen molar-refractivity contribution in [3.05, 3.63) is 0 Å². The second-order valence-electron chi connectivity index (χ2n) is 5.97. The molecule has 0 saturated heterocycles. The van der Waals surface area contributed by atoms with Crippen LogP contribution in [0.1, 0.15) is 26.2 Å². The summed E-state index contributed by atoms with van der Waals surface area (Å²) in [7, 11) is 0.0398. The van der Waals surface area contributed by atoms with Gasteiger partial charge >= 0.3 is 0 Å². The third-order valence-electron chi connectivity index (χ3n) is 4.17. The molecule has 1 atom stereocenters. The van der Waals surface area contributed by atoms with E-state index in [-0.39, 0.29) is 0 Å². The molecule has 3 heteroatoms. The Hall–Kier alpha value is 0.394. The van der Waals surface area contributed by atoms with Gasteiger partial charge in [-0.25, -0.2) is 0 Å². The summed E-state index contributed by atoms with van der Waals surface area (Å²) in [5.74, 6) is 0. The SMILES string of the molecule is CC[Si](C)(CCCCCOC)[Si](C)(C)C. The molecule has 0 spiro atoms. The Balaban J connectivity index is 3.90. The molecule has 92 valence electrons. The Kier molecular flexibility index (Phi) is 7.05. The number of rotatable bonds is 8. The standard InChI is InChI=1S/C12H30OSi2/c1-7-15(6,14(3,4)5)12-10-8-9-11-13-2/h7-12H2,1-6H3. The first-order valence-corrected chi connectivity index (χ1v) is 13.8. The molecule has 0 amide bonds. The van der Waals surface area contributed by atoms with Crippen LogP contribution in [0.15, 0.2) is 0 Å². The summed E-state index contributed by atoms with van der Waals surface area (Å²) in [5, 5.41) is 0. The zero-order chi connectivity index (χ0) is 11.9. The Labute approximate surface area is 98.4 Å². The van der Waals surface area contributed by atoms with Crippen molar-refractivity contribution in [1.82, 2.24) is 0 Å². The molecule has 0 heterocycles. The van der Waals surface area contributed by atoms with Crippen molar-refractivity contribution in [1.29, 1.82) is 0 Å². The van der Waals surface area contributed by atoms with Crippen LogP contribution in [0.3, 0.4) is 0 Å². The summed E-state index contributed by atoms with van der Waals surface area (Å²) in [6.45, 7) is 13.7. The van der Waals surface area contributed by atoms with E-state index in [0.29, 0.717) is 0 Å². The summed E-state index contributed by atoms with van der Waals surface area (Å²) >= 11 is 0. The number of hydrogen-bond donors (Lipinski definition) is 0. The molecule has 0 aliphatic heterocycles. The molecule has 0 fully saturated rings. The molecular formula is C12H30OSi2. The summed E-state index contributed by atoms with van der Waals surface area (Å²) in [5.41, 5.74) is 0. The maximum absolute atomic E-state index is 5.09. The zero-order valence-electron chi connectivity index (χ0n) is 11.7. The molecule has 0 aliphatic carbocycles. The van der Waals surface area contributed by atoms with Crippen LogP contribution in [0.2, 0.25) is 38.3 Å². The van der Waals surface area contributed by atoms with E-state index < -0.39 is 15.2 Å². The van der Waals surface area contributed by atoms with Gasteiger partial charge in [0.1, 0.15) is 0 Å². The molecule has 0 aromatic rings. The predicted octanol–water partition coefficient (Wildman–Crippen LogP) is 4.32. The fourth-order valence-electron chi connectivity index (χ4n) is 2.02. The highest BCUT2D eigenvalue weighted by Gasteiger charge is 2.38. The van der Waals surface area contributed by atoms with Crippen LogP contribution in [-0.2, 0) is 4.74 Å². The fourth-order valence-corrected chi connectivity index (χ4v) is 11.2. The molecule has 0 aromatic carbocycles. The number of unbranched alkanes of at least 4 members (excludes halogenated alkanes) is 2. The molecule has 1 nitrogen and oxygen atoms in total. The lowest BCUT2D eigenvalue weighted by Crippen LogP contribution is -2.54. The van der Waals surface area contributed by atoms with Crippen molar-refractivity contribution in [2.45, 2.75) is 64.5 Å². The molecular weight excluding hydrogens is 216 g/mol. The minimum atomic E-state index is -0.887. The first-order valence-electron chi connectivity index (χ1n) is 6.36. The van der Waals surface area contributed by atoms with Crippen LogP contribution in [0.25, 0.3) is 0 Å². The van der Waals surface area contributed by atoms with E-state index in [1.807, 2.05) is 0 Å². The zero-order valence-corrected chi connectivity index (χ0v) is 13.7. The lowest BCUT2D eigenvalue weighted by molar-refractivity contribution is 0.192. The van der Waals surface area contributed by atoms with Crippen molar-refractivity contribution in [2.75, 3.05) is 13.7 Å². The quantitative estimate of drug-likeness (QED) is 0.458. The second-order valence-corrected chi connectivity index (χ2v) is 22.9. The van der Waals surface area contributed by atoms with Crippen LogP contribution in [0.4, 0.5) is 0 Å². The average Bonchev–Trinajstić information content (AvgIpc) is 2.15. The Morgan fingerprint density at radius 3 is 1.93 bits per heavy atom. The first-order chi connectivity index (χ1) is 6.87. The summed E-state index contributed by atoms with van der Waals surface area (Å²) in [4.78, 5) is 0. The third kappa shape index (κ3) is 5.32. The molecule has 15 heavy (non-hydrogen) atoms. The van der Waals surface area contributed by atoms with Gasteiger partial charge in [-0.15, -0.1) is 0 Å². The van der Waals surface area contributed by atoms with E-state index in [9.17, 15) is 0 Å². The van der Waals surface area contributed by atoms with Crippen LogP contribution >= 0.6 is 0 Å². The van der Waals surface area contributed by atoms with Crippen molar-refractivity contribution in [3.63, 3.8) is 0 Å². The summed E-state index contributed by atoms with van der Waals surface area (Å²) < 4.78 is 5.09. The molecule has 0 rings (SSSR count). The largest absolute Gasteiger partial charge is 0.385 e. The highest BCUT2D eigenvalue weighted by Crippen LogP contribution is 2.29. The van der Waals surface area contributed by atoms with Crippen LogP contribution in [0.5, 0.6) is 0 Å². The van der Waals surface area contributed by atoms with Crippen LogP contribution in [-0.4, -0.2) is 28.9 Å². The van der Waals surface area contributed by atoms with Gasteiger partial charge in [-0.2, -0.15) is 0 Å². The second kappa shape index (κ2) is 6.87. The number of hydrogen-bond acceptors (Lipinski definition) is 1. The lowest BCUT2D eigenvalue weighted by Gasteiger charge is -2.38. The molecule has 0 aliphatic rings. The van der Waals surface area contributed by atoms with E-state index >= 15 is 0 Å². The van der Waals surface area contributed by atoms with Crippen molar-refractivity contribution < 1.29 is 4.74 Å². The number of methoxy groups -OCH3 is 1. The van der Waals surface area contributed by atoms with Gasteiger partial charge in [0.15, 0.2) is 0 Å². The first kappa shape index (κ1) is 15.4. The van der Waals surface area contributed by atoms with Crippen molar-refractivity contribution >= 4 is 15.2 Å². The van der Waals surface area contributed by atoms with Crippen LogP contribution in [0, 0.1) is 0 Å². The minimum absolute atomic E-state index is 0.872. The van der Waals surface area contributed by atoms with Gasteiger partial charge in [0.2, 0.25) is 0 Å². The van der Waals surface area contributed by atoms with Crippen LogP contribution < -0.4 is 0 Å². The average molecular weight is 247 g/mol. The minimum Gasteiger partial charge on any atom is -0.385 e. The highest BCUT2D eigenvalue weighted by atomic mass is 29.3. The van der Waals surface area contributed by atoms with Gasteiger partial charge in [0.25, 0.3) is 0 Å². The maximum atomic E-state index is 5.09. The summed E-state index contributed by atoms with van der Waals surface area (Å²) in [6, 6.07) is 3.02. The lowest BCUT2D eigenvalue weighted by atomic mass is 10.3. The molecule has 0 radical (unpaired) electrons. The molecule has 0 saturated carbocycles. The Bertz CT molecular complexity index is 165. The van der Waals surface area contributed by atoms with E-state index in [4.69, 9.17) is 4.74 Å². The topological polar surface area (TPSA) is 9.23 Å². The van der Waals surface area contributed by atoms with Gasteiger partial charge in [-0.1, -0.05) is 58.0 Å². The number of ether oxygens (including phenoxy) is 1. The van der Waals surface area contributed by atoms with Crippen molar-refractivity contribution in [2.24, 2.45) is 0 Å². The van der Waals surface area contributed by atoms with Gasteiger partial charge in [0, 0.05) is 28.9 Å². The molecule has 1 unspecified atom stereocenters. The van der Waals surface area contributed by atoms with Gasteiger partial charge in [0.05, 0.1) is 0 Å². The van der Waals surface area contributed by atoms with Crippen molar-refractivity contribution in [3.8, 4) is 0 Å². The monoisotopic (exact) mass is 246 g/mol. The summed E-state index contributed by atoms with van der Waals surface area (Å²) in [6.07, 6.45) is 4.04. The maximum Gasteiger partial charge on any atom is 0.0462 e. The molecule has 0 N–H and O–H groups in total. The Morgan fingerprint density at radius 1 is 0.933 bits per heavy atom. The fraction of sp³-hybridized carbons (Fsp3) is 1.00. The normalized spacial score (nSPS) is 16.4. The van der Waals surface area contributed by atoms with Gasteiger partial charge in [-0.05, 0) is 6.42 Å². The van der Waals surface area contributed by atoms with Gasteiger partial charge in [-0.3, -0.25) is 0 Å². The van der Waals surface area contributed by atoms with E-state index in [1.54, 1.807) is 13.2 Å². The van der Waals surface area contributed by atoms with E-state index in [1.165, 1.54) is 25.3 Å². The highest BCUT2D eigenvalue weighted by molar-refractivity contribution is 7.40. The van der Waals surface area contributed by atoms with E-state index in [0.717, 1.165) is 6.61 Å². The third-order valence-corrected chi connectivity index (χ3v) is 23.5.